The Balaban J connectivity index is 2.25. The van der Waals surface area contributed by atoms with E-state index in [2.05, 4.69) is 6.07 Å². The monoisotopic (exact) mass is 189 g/mol. The molecule has 74 valence electrons. The van der Waals surface area contributed by atoms with Crippen LogP contribution in [0.5, 0.6) is 0 Å². The normalized spacial score (nSPS) is 27.1. The lowest BCUT2D eigenvalue weighted by Crippen LogP contribution is -2.35. The zero-order valence-electron chi connectivity index (χ0n) is 8.19. The Morgan fingerprint density at radius 3 is 2.93 bits per heavy atom. The van der Waals surface area contributed by atoms with Crippen LogP contribution in [0.25, 0.3) is 0 Å². The summed E-state index contributed by atoms with van der Waals surface area (Å²) >= 11 is 0. The first-order valence-corrected chi connectivity index (χ1v) is 5.15. The van der Waals surface area contributed by atoms with Crippen molar-refractivity contribution in [3.8, 4) is 6.07 Å². The number of hydrogen-bond donors (Lipinski definition) is 1. The van der Waals surface area contributed by atoms with Crippen molar-refractivity contribution in [3.05, 3.63) is 24.0 Å². The van der Waals surface area contributed by atoms with E-state index in [9.17, 15) is 0 Å². The predicted molar refractivity (Wildman–Crippen MR) is 54.6 cm³/mol. The molecule has 0 radical (unpaired) electrons. The van der Waals surface area contributed by atoms with Crippen LogP contribution < -0.4 is 5.73 Å². The fourth-order valence-corrected chi connectivity index (χ4v) is 2.26. The van der Waals surface area contributed by atoms with Gasteiger partial charge in [-0.15, -0.1) is 0 Å². The summed E-state index contributed by atoms with van der Waals surface area (Å²) in [5.41, 5.74) is 6.79. The largest absolute Gasteiger partial charge is 0.335 e. The summed E-state index contributed by atoms with van der Waals surface area (Å²) in [5.74, 6) is 0. The van der Waals surface area contributed by atoms with E-state index in [0.717, 1.165) is 18.5 Å². The number of hydrogen-bond acceptors (Lipinski definition) is 2. The highest BCUT2D eigenvalue weighted by molar-refractivity contribution is 5.23. The average molecular weight is 189 g/mol. The van der Waals surface area contributed by atoms with Gasteiger partial charge >= 0.3 is 0 Å². The third-order valence-electron chi connectivity index (χ3n) is 3.03. The third kappa shape index (κ3) is 1.53. The molecule has 0 amide bonds. The minimum absolute atomic E-state index is 0.211. The minimum atomic E-state index is 0.211. The molecule has 1 heterocycles. The van der Waals surface area contributed by atoms with E-state index in [1.54, 1.807) is 0 Å². The Kier molecular flexibility index (Phi) is 2.55. The fraction of sp³-hybridized carbons (Fsp3) is 0.545. The van der Waals surface area contributed by atoms with Crippen LogP contribution in [0.3, 0.4) is 0 Å². The predicted octanol–water partition coefficient (Wildman–Crippen LogP) is 1.80. The molecule has 14 heavy (non-hydrogen) atoms. The van der Waals surface area contributed by atoms with Crippen LogP contribution in [-0.2, 0) is 0 Å². The number of rotatable bonds is 1. The van der Waals surface area contributed by atoms with Gasteiger partial charge < -0.3 is 10.3 Å². The lowest BCUT2D eigenvalue weighted by atomic mass is 9.91. The van der Waals surface area contributed by atoms with Gasteiger partial charge in [-0.05, 0) is 25.0 Å². The molecular formula is C11H15N3. The summed E-state index contributed by atoms with van der Waals surface area (Å²) in [6, 6.07) is 6.50. The first kappa shape index (κ1) is 9.29. The Morgan fingerprint density at radius 1 is 1.43 bits per heavy atom. The Hall–Kier alpha value is -1.27. The second kappa shape index (κ2) is 3.85. The topological polar surface area (TPSA) is 54.7 Å². The quantitative estimate of drug-likeness (QED) is 0.732. The molecule has 1 aromatic heterocycles. The van der Waals surface area contributed by atoms with Crippen molar-refractivity contribution in [1.29, 1.82) is 5.26 Å². The molecular weight excluding hydrogens is 174 g/mol. The Morgan fingerprint density at radius 2 is 2.21 bits per heavy atom. The van der Waals surface area contributed by atoms with Crippen molar-refractivity contribution < 1.29 is 0 Å². The summed E-state index contributed by atoms with van der Waals surface area (Å²) in [6.45, 7) is 0. The van der Waals surface area contributed by atoms with Crippen molar-refractivity contribution in [2.45, 2.75) is 37.8 Å². The van der Waals surface area contributed by atoms with Gasteiger partial charge in [0.25, 0.3) is 0 Å². The lowest BCUT2D eigenvalue weighted by Gasteiger charge is -2.30. The van der Waals surface area contributed by atoms with Crippen LogP contribution in [0.15, 0.2) is 18.3 Å². The van der Waals surface area contributed by atoms with E-state index in [1.165, 1.54) is 12.8 Å². The number of nitrogens with zero attached hydrogens (tertiary/aromatic N) is 2. The average Bonchev–Trinajstić information content (AvgIpc) is 2.66. The maximum atomic E-state index is 8.91. The molecule has 1 fully saturated rings. The van der Waals surface area contributed by atoms with Crippen molar-refractivity contribution in [2.24, 2.45) is 5.73 Å². The SMILES string of the molecule is N#Cc1cccn1C1CCCCC1N. The minimum Gasteiger partial charge on any atom is -0.335 e. The fourth-order valence-electron chi connectivity index (χ4n) is 2.26. The van der Waals surface area contributed by atoms with Crippen molar-refractivity contribution in [3.63, 3.8) is 0 Å². The van der Waals surface area contributed by atoms with Gasteiger partial charge in [0.15, 0.2) is 0 Å². The van der Waals surface area contributed by atoms with E-state index < -0.39 is 0 Å². The van der Waals surface area contributed by atoms with Gasteiger partial charge in [-0.3, -0.25) is 0 Å². The first-order chi connectivity index (χ1) is 6.83. The molecule has 0 aromatic carbocycles. The highest BCUT2D eigenvalue weighted by Crippen LogP contribution is 2.28. The van der Waals surface area contributed by atoms with Gasteiger partial charge in [-0.2, -0.15) is 5.26 Å². The molecule has 0 aliphatic heterocycles. The second-order valence-electron chi connectivity index (χ2n) is 3.93. The van der Waals surface area contributed by atoms with Gasteiger partial charge in [-0.1, -0.05) is 12.8 Å². The molecule has 2 N–H and O–H groups in total. The Labute approximate surface area is 84.1 Å². The van der Waals surface area contributed by atoms with E-state index in [-0.39, 0.29) is 6.04 Å². The van der Waals surface area contributed by atoms with E-state index in [4.69, 9.17) is 11.0 Å². The van der Waals surface area contributed by atoms with Crippen molar-refractivity contribution >= 4 is 0 Å². The maximum absolute atomic E-state index is 8.91. The zero-order chi connectivity index (χ0) is 9.97. The smallest absolute Gasteiger partial charge is 0.120 e. The molecule has 2 atom stereocenters. The van der Waals surface area contributed by atoms with Crippen LogP contribution in [0.2, 0.25) is 0 Å². The first-order valence-electron chi connectivity index (χ1n) is 5.15. The molecule has 1 aliphatic rings. The molecule has 0 bridgehead atoms. The van der Waals surface area contributed by atoms with Gasteiger partial charge in [0.1, 0.15) is 11.8 Å². The molecule has 0 saturated heterocycles. The van der Waals surface area contributed by atoms with Crippen LogP contribution in [0, 0.1) is 11.3 Å². The highest BCUT2D eigenvalue weighted by Gasteiger charge is 2.24. The van der Waals surface area contributed by atoms with Gasteiger partial charge in [0, 0.05) is 18.3 Å². The van der Waals surface area contributed by atoms with E-state index in [0.29, 0.717) is 6.04 Å². The molecule has 1 aliphatic carbocycles. The standard InChI is InChI=1S/C11H15N3/c12-8-9-4-3-7-14(9)11-6-2-1-5-10(11)13/h3-4,7,10-11H,1-2,5-6,13H2. The summed E-state index contributed by atoms with van der Waals surface area (Å²) in [6.07, 6.45) is 6.59. The van der Waals surface area contributed by atoms with Gasteiger partial charge in [0.05, 0.1) is 0 Å². The third-order valence-corrected chi connectivity index (χ3v) is 3.03. The number of aromatic nitrogens is 1. The van der Waals surface area contributed by atoms with Gasteiger partial charge in [-0.25, -0.2) is 0 Å². The van der Waals surface area contributed by atoms with Crippen LogP contribution in [0.1, 0.15) is 37.4 Å². The summed E-state index contributed by atoms with van der Waals surface area (Å²) in [5, 5.41) is 8.91. The molecule has 3 heteroatoms. The maximum Gasteiger partial charge on any atom is 0.120 e. The van der Waals surface area contributed by atoms with Crippen LogP contribution in [0.4, 0.5) is 0 Å². The van der Waals surface area contributed by atoms with Crippen LogP contribution >= 0.6 is 0 Å². The lowest BCUT2D eigenvalue weighted by molar-refractivity contribution is 0.305. The molecule has 2 unspecified atom stereocenters. The highest BCUT2D eigenvalue weighted by atomic mass is 15.0. The van der Waals surface area contributed by atoms with E-state index in [1.807, 2.05) is 22.9 Å². The van der Waals surface area contributed by atoms with Crippen molar-refractivity contribution in [2.75, 3.05) is 0 Å². The molecule has 0 spiro atoms. The Bertz CT molecular complexity index is 348. The molecule has 1 aromatic rings. The summed E-state index contributed by atoms with van der Waals surface area (Å²) in [4.78, 5) is 0. The van der Waals surface area contributed by atoms with Crippen LogP contribution in [-0.4, -0.2) is 10.6 Å². The molecule has 2 rings (SSSR count). The second-order valence-corrected chi connectivity index (χ2v) is 3.93. The number of nitrogens with two attached hydrogens (primary N) is 1. The summed E-state index contributed by atoms with van der Waals surface area (Å²) < 4.78 is 2.03. The zero-order valence-corrected chi connectivity index (χ0v) is 8.19. The number of nitriles is 1. The van der Waals surface area contributed by atoms with Gasteiger partial charge in [0.2, 0.25) is 0 Å². The molecule has 3 nitrogen and oxygen atoms in total. The van der Waals surface area contributed by atoms with E-state index >= 15 is 0 Å². The molecule has 1 saturated carbocycles. The summed E-state index contributed by atoms with van der Waals surface area (Å²) in [7, 11) is 0. The van der Waals surface area contributed by atoms with Crippen molar-refractivity contribution in [1.82, 2.24) is 4.57 Å².